The highest BCUT2D eigenvalue weighted by Crippen LogP contribution is 2.29. The van der Waals surface area contributed by atoms with Gasteiger partial charge in [0.15, 0.2) is 0 Å². The molecule has 3 aliphatic heterocycles. The number of thiocarbonyl (C=S) groups is 1. The van der Waals surface area contributed by atoms with Gasteiger partial charge in [-0.3, -0.25) is 14.4 Å². The number of halogens is 3. The van der Waals surface area contributed by atoms with Crippen LogP contribution in [0.4, 0.5) is 13.2 Å². The smallest absolute Gasteiger partial charge is 0.307 e. The standard InChI is InChI=1S/C44H53F3N4O7S/c45-34-11-26(17-38(42(52)53)31-1-4-48-22-31)9-28(13-34)20-41(59)51(25-30-10-27(12-35(46)15-30)18-39(43(54)55)32-2-5-49-23-32)7-8-58-37-16-29(14-36(47)21-37)19-40(44(56)57)33-3-6-50-24-33/h9-16,21,31-33,38-40,48-50H,1-8,17-20,22-25H2,(H,52,53)(H,54,55)(H,56,57)/t31-,32-,33-,38-,39-,40-/m0/s1/i25D2. The van der Waals surface area contributed by atoms with Crippen LogP contribution in [0.5, 0.6) is 5.75 Å². The Hall–Kier alpha value is -4.57. The van der Waals surface area contributed by atoms with E-state index < -0.39 is 59.6 Å². The molecule has 3 aliphatic rings. The van der Waals surface area contributed by atoms with E-state index in [9.17, 15) is 36.8 Å². The molecule has 0 bridgehead atoms. The Morgan fingerprint density at radius 1 is 0.661 bits per heavy atom. The quantitative estimate of drug-likeness (QED) is 0.0837. The van der Waals surface area contributed by atoms with Gasteiger partial charge in [0.25, 0.3) is 0 Å². The Morgan fingerprint density at radius 2 is 1.07 bits per heavy atom. The molecule has 6 rings (SSSR count). The molecule has 0 radical (unpaired) electrons. The van der Waals surface area contributed by atoms with Gasteiger partial charge in [0.1, 0.15) is 29.8 Å². The van der Waals surface area contributed by atoms with Crippen molar-refractivity contribution in [2.75, 3.05) is 52.4 Å². The van der Waals surface area contributed by atoms with Crippen molar-refractivity contribution in [3.63, 3.8) is 0 Å². The molecule has 0 aliphatic carbocycles. The number of benzene rings is 3. The minimum absolute atomic E-state index is 0.0272. The lowest BCUT2D eigenvalue weighted by Crippen LogP contribution is -2.34. The molecular formula is C44H53F3N4O7S. The van der Waals surface area contributed by atoms with E-state index in [-0.39, 0.29) is 78.5 Å². The zero-order chi connectivity index (χ0) is 43.8. The fourth-order valence-electron chi connectivity index (χ4n) is 8.71. The third-order valence-corrected chi connectivity index (χ3v) is 12.1. The molecule has 3 aromatic rings. The van der Waals surface area contributed by atoms with Crippen LogP contribution in [-0.2, 0) is 46.6 Å². The van der Waals surface area contributed by atoms with Gasteiger partial charge in [-0.05, 0) is 160 Å². The zero-order valence-corrected chi connectivity index (χ0v) is 33.5. The summed E-state index contributed by atoms with van der Waals surface area (Å²) in [5.74, 6) is -7.82. The highest BCUT2D eigenvalue weighted by Gasteiger charge is 2.33. The first-order valence-electron chi connectivity index (χ1n) is 21.2. The number of carboxylic acids is 3. The summed E-state index contributed by atoms with van der Waals surface area (Å²) in [6, 6.07) is 11.7. The highest BCUT2D eigenvalue weighted by atomic mass is 32.1. The number of carbonyl (C=O) groups is 3. The summed E-state index contributed by atoms with van der Waals surface area (Å²) in [6.07, 6.45) is 1.90. The molecule has 3 heterocycles. The van der Waals surface area contributed by atoms with E-state index >= 15 is 8.78 Å². The molecule has 0 amide bonds. The van der Waals surface area contributed by atoms with Crippen molar-refractivity contribution < 1.29 is 50.4 Å². The van der Waals surface area contributed by atoms with E-state index in [0.29, 0.717) is 75.2 Å². The normalized spacial score (nSPS) is 21.3. The summed E-state index contributed by atoms with van der Waals surface area (Å²) in [4.78, 5) is 37.8. The lowest BCUT2D eigenvalue weighted by Gasteiger charge is -2.27. The first kappa shape index (κ1) is 41.2. The van der Waals surface area contributed by atoms with E-state index in [1.807, 2.05) is 0 Å². The second-order valence-corrected chi connectivity index (χ2v) is 16.5. The summed E-state index contributed by atoms with van der Waals surface area (Å²) in [5.41, 5.74) is 1.33. The number of nitrogens with one attached hydrogen (secondary N) is 3. The fourth-order valence-corrected chi connectivity index (χ4v) is 9.01. The third kappa shape index (κ3) is 12.5. The maximum Gasteiger partial charge on any atom is 0.307 e. The molecule has 0 aromatic heterocycles. The molecule has 0 saturated carbocycles. The van der Waals surface area contributed by atoms with Gasteiger partial charge in [-0.1, -0.05) is 24.4 Å². The minimum Gasteiger partial charge on any atom is -0.492 e. The molecule has 3 saturated heterocycles. The van der Waals surface area contributed by atoms with Gasteiger partial charge in [-0.25, -0.2) is 13.2 Å². The predicted molar refractivity (Wildman–Crippen MR) is 219 cm³/mol. The second kappa shape index (κ2) is 20.6. The maximum absolute atomic E-state index is 15.4. The Balaban J connectivity index is 1.26. The van der Waals surface area contributed by atoms with Crippen LogP contribution >= 0.6 is 12.2 Å². The number of hydrogen-bond donors (Lipinski definition) is 6. The van der Waals surface area contributed by atoms with E-state index in [2.05, 4.69) is 16.0 Å². The van der Waals surface area contributed by atoms with Crippen molar-refractivity contribution >= 4 is 35.1 Å². The summed E-state index contributed by atoms with van der Waals surface area (Å²) in [7, 11) is 0. The van der Waals surface area contributed by atoms with Crippen LogP contribution in [0, 0.1) is 53.0 Å². The predicted octanol–water partition coefficient (Wildman–Crippen LogP) is 5.11. The first-order chi connectivity index (χ1) is 29.1. The SMILES string of the molecule is [2H]C([2H])(c1cc(F)cc(C[C@H](C(=O)O)[C@H]2CCNC2)c1)N(CCOc1cc(F)cc(C[C@H](C(=O)O)[C@H]2CCNC2)c1)C(=S)Cc1cc(F)cc(C[C@H](C(=O)O)[C@H]2CCNC2)c1. The van der Waals surface area contributed by atoms with Crippen LogP contribution in [0.3, 0.4) is 0 Å². The number of aliphatic carboxylic acids is 3. The monoisotopic (exact) mass is 840 g/mol. The molecule has 3 aromatic carbocycles. The maximum atomic E-state index is 15.4. The van der Waals surface area contributed by atoms with Gasteiger partial charge in [0.2, 0.25) is 0 Å². The minimum atomic E-state index is -2.54. The summed E-state index contributed by atoms with van der Waals surface area (Å²) >= 11 is 5.85. The zero-order valence-electron chi connectivity index (χ0n) is 34.7. The van der Waals surface area contributed by atoms with Crippen molar-refractivity contribution in [1.29, 1.82) is 0 Å². The van der Waals surface area contributed by atoms with Crippen molar-refractivity contribution in [1.82, 2.24) is 20.9 Å². The number of rotatable bonds is 20. The van der Waals surface area contributed by atoms with Crippen LogP contribution in [0.15, 0.2) is 54.6 Å². The molecule has 0 spiro atoms. The fraction of sp³-hybridized carbons (Fsp3) is 0.500. The third-order valence-electron chi connectivity index (χ3n) is 11.7. The number of ether oxygens (including phenoxy) is 1. The topological polar surface area (TPSA) is 160 Å². The Morgan fingerprint density at radius 3 is 1.51 bits per heavy atom. The van der Waals surface area contributed by atoms with Crippen LogP contribution in [-0.4, -0.2) is 95.5 Å². The molecule has 59 heavy (non-hydrogen) atoms. The lowest BCUT2D eigenvalue weighted by molar-refractivity contribution is -0.144. The molecule has 318 valence electrons. The van der Waals surface area contributed by atoms with E-state index in [0.717, 1.165) is 12.1 Å². The van der Waals surface area contributed by atoms with Gasteiger partial charge in [-0.2, -0.15) is 0 Å². The van der Waals surface area contributed by atoms with E-state index in [1.165, 1.54) is 41.3 Å². The molecular weight excluding hydrogens is 786 g/mol. The molecule has 6 N–H and O–H groups in total. The molecule has 0 unspecified atom stereocenters. The van der Waals surface area contributed by atoms with Crippen LogP contribution in [0.2, 0.25) is 0 Å². The summed E-state index contributed by atoms with van der Waals surface area (Å²) < 4.78 is 70.3. The number of carboxylic acid groups (broad SMARTS) is 3. The molecule has 3 fully saturated rings. The molecule has 11 nitrogen and oxygen atoms in total. The van der Waals surface area contributed by atoms with Gasteiger partial charge in [0, 0.05) is 19.0 Å². The highest BCUT2D eigenvalue weighted by molar-refractivity contribution is 7.80. The van der Waals surface area contributed by atoms with Gasteiger partial charge in [0.05, 0.1) is 32.0 Å². The Kier molecular flexibility index (Phi) is 14.4. The van der Waals surface area contributed by atoms with Crippen molar-refractivity contribution in [3.8, 4) is 5.75 Å². The average Bonchev–Trinajstić information content (AvgIpc) is 4.01. The van der Waals surface area contributed by atoms with Crippen molar-refractivity contribution in [2.24, 2.45) is 35.5 Å². The molecule has 6 atom stereocenters. The first-order valence-corrected chi connectivity index (χ1v) is 20.6. The summed E-state index contributed by atoms with van der Waals surface area (Å²) in [5, 5.41) is 39.5. The van der Waals surface area contributed by atoms with Crippen LogP contribution in [0.1, 0.15) is 49.8 Å². The van der Waals surface area contributed by atoms with Crippen molar-refractivity contribution in [3.05, 3.63) is 99.9 Å². The molecule has 15 heteroatoms. The van der Waals surface area contributed by atoms with Crippen molar-refractivity contribution in [2.45, 2.75) is 51.4 Å². The van der Waals surface area contributed by atoms with E-state index in [4.69, 9.17) is 17.0 Å². The average molecular weight is 841 g/mol. The Labute approximate surface area is 350 Å². The lowest BCUT2D eigenvalue weighted by atomic mass is 9.85. The van der Waals surface area contributed by atoms with Gasteiger partial charge < -0.3 is 40.9 Å². The number of hydrogen-bond acceptors (Lipinski definition) is 8. The largest absolute Gasteiger partial charge is 0.492 e. The number of nitrogens with zero attached hydrogens (tertiary/aromatic N) is 1. The summed E-state index contributed by atoms with van der Waals surface area (Å²) in [6.45, 7) is 0.527. The van der Waals surface area contributed by atoms with Gasteiger partial charge in [-0.15, -0.1) is 0 Å². The van der Waals surface area contributed by atoms with Gasteiger partial charge >= 0.3 is 17.9 Å². The van der Waals surface area contributed by atoms with Crippen LogP contribution in [0.25, 0.3) is 0 Å². The Bertz CT molecular complexity index is 2060. The second-order valence-electron chi connectivity index (χ2n) is 16.0. The van der Waals surface area contributed by atoms with E-state index in [1.54, 1.807) is 6.07 Å². The van der Waals surface area contributed by atoms with Crippen LogP contribution < -0.4 is 20.7 Å².